The molecule has 3 rings (SSSR count). The quantitative estimate of drug-likeness (QED) is 0.802. The number of fused-ring (bicyclic) bond motifs is 1. The molecule has 0 bridgehead atoms. The molecule has 6 nitrogen and oxygen atoms in total. The summed E-state index contributed by atoms with van der Waals surface area (Å²) in [5, 5.41) is 14.9. The van der Waals surface area contributed by atoms with Crippen molar-refractivity contribution in [2.45, 2.75) is 32.7 Å². The highest BCUT2D eigenvalue weighted by Crippen LogP contribution is 2.34. The van der Waals surface area contributed by atoms with Crippen LogP contribution in [-0.4, -0.2) is 29.4 Å². The van der Waals surface area contributed by atoms with Gasteiger partial charge in [0.25, 0.3) is 6.01 Å². The molecule has 0 amide bonds. The van der Waals surface area contributed by atoms with Crippen LogP contribution < -0.4 is 0 Å². The highest BCUT2D eigenvalue weighted by molar-refractivity contribution is 6.33. The van der Waals surface area contributed by atoms with Crippen molar-refractivity contribution in [2.24, 2.45) is 0 Å². The van der Waals surface area contributed by atoms with Crippen molar-refractivity contribution in [3.05, 3.63) is 29.7 Å². The van der Waals surface area contributed by atoms with Crippen molar-refractivity contribution < 1.29 is 5.11 Å². The Morgan fingerprint density at radius 2 is 2.10 bits per heavy atom. The molecule has 3 aromatic rings. The Bertz CT molecular complexity index is 761. The van der Waals surface area contributed by atoms with E-state index in [9.17, 15) is 5.11 Å². The molecule has 0 aromatic carbocycles. The van der Waals surface area contributed by atoms with Crippen molar-refractivity contribution in [1.29, 1.82) is 0 Å². The molecular weight excluding hydrogens is 290 g/mol. The number of aromatic hydroxyl groups is 1. The third-order valence-electron chi connectivity index (χ3n) is 3.67. The molecule has 7 heteroatoms. The van der Waals surface area contributed by atoms with Crippen LogP contribution in [0.25, 0.3) is 16.9 Å². The Labute approximate surface area is 127 Å². The van der Waals surface area contributed by atoms with Gasteiger partial charge in [-0.25, -0.2) is 9.67 Å². The summed E-state index contributed by atoms with van der Waals surface area (Å²) in [5.41, 5.74) is 1.86. The molecule has 110 valence electrons. The number of aromatic nitrogens is 5. The van der Waals surface area contributed by atoms with E-state index >= 15 is 0 Å². The molecule has 1 N–H and O–H groups in total. The van der Waals surface area contributed by atoms with Crippen molar-refractivity contribution in [3.8, 4) is 11.7 Å². The fraction of sp³-hybridized carbons (Fsp3) is 0.357. The van der Waals surface area contributed by atoms with Crippen LogP contribution in [0.4, 0.5) is 0 Å². The largest absolute Gasteiger partial charge is 0.480 e. The molecular formula is C14H16ClN5O. The van der Waals surface area contributed by atoms with E-state index in [1.807, 2.05) is 12.3 Å². The van der Waals surface area contributed by atoms with Crippen molar-refractivity contribution in [2.75, 3.05) is 0 Å². The van der Waals surface area contributed by atoms with E-state index in [0.29, 0.717) is 21.9 Å². The fourth-order valence-electron chi connectivity index (χ4n) is 2.63. The van der Waals surface area contributed by atoms with Gasteiger partial charge >= 0.3 is 0 Å². The number of hydrogen-bond acceptors (Lipinski definition) is 4. The summed E-state index contributed by atoms with van der Waals surface area (Å²) in [6, 6.07) is 1.91. The average Bonchev–Trinajstić information content (AvgIpc) is 3.09. The lowest BCUT2D eigenvalue weighted by molar-refractivity contribution is 0.361. The number of imidazole rings is 1. The van der Waals surface area contributed by atoms with E-state index in [1.165, 1.54) is 6.20 Å². The molecule has 0 spiro atoms. The molecule has 0 radical (unpaired) electrons. The second-order valence-electron chi connectivity index (χ2n) is 4.83. The lowest BCUT2D eigenvalue weighted by atomic mass is 10.1. The Morgan fingerprint density at radius 1 is 1.33 bits per heavy atom. The molecule has 0 unspecified atom stereocenters. The van der Waals surface area contributed by atoms with Crippen LogP contribution in [0.2, 0.25) is 5.02 Å². The van der Waals surface area contributed by atoms with Crippen LogP contribution in [0, 0.1) is 0 Å². The Hall–Kier alpha value is -2.08. The summed E-state index contributed by atoms with van der Waals surface area (Å²) < 4.78 is 3.47. The highest BCUT2D eigenvalue weighted by Gasteiger charge is 2.22. The van der Waals surface area contributed by atoms with Crippen LogP contribution in [0.3, 0.4) is 0 Å². The van der Waals surface area contributed by atoms with Gasteiger partial charge in [0.1, 0.15) is 11.2 Å². The van der Waals surface area contributed by atoms with Crippen molar-refractivity contribution >= 4 is 22.8 Å². The van der Waals surface area contributed by atoms with Crippen LogP contribution >= 0.6 is 11.6 Å². The van der Waals surface area contributed by atoms with Crippen LogP contribution in [-0.2, 0) is 0 Å². The smallest absolute Gasteiger partial charge is 0.296 e. The maximum absolute atomic E-state index is 10.2. The number of hydrogen-bond donors (Lipinski definition) is 1. The van der Waals surface area contributed by atoms with Gasteiger partial charge in [-0.15, -0.1) is 0 Å². The first-order valence-electron chi connectivity index (χ1n) is 6.92. The molecule has 0 atom stereocenters. The number of rotatable bonds is 4. The highest BCUT2D eigenvalue weighted by atomic mass is 35.5. The third-order valence-corrected chi connectivity index (χ3v) is 3.94. The minimum Gasteiger partial charge on any atom is -0.480 e. The third kappa shape index (κ3) is 2.15. The van der Waals surface area contributed by atoms with E-state index in [4.69, 9.17) is 11.6 Å². The van der Waals surface area contributed by atoms with Gasteiger partial charge in [-0.05, 0) is 18.9 Å². The van der Waals surface area contributed by atoms with Crippen LogP contribution in [0.15, 0.2) is 24.7 Å². The zero-order valence-electron chi connectivity index (χ0n) is 11.9. The molecule has 0 saturated carbocycles. The number of halogens is 1. The first-order chi connectivity index (χ1) is 10.2. The number of nitrogens with zero attached hydrogens (tertiary/aromatic N) is 5. The summed E-state index contributed by atoms with van der Waals surface area (Å²) in [6.07, 6.45) is 6.77. The molecule has 0 fully saturated rings. The normalized spacial score (nSPS) is 11.6. The first kappa shape index (κ1) is 13.9. The van der Waals surface area contributed by atoms with Crippen molar-refractivity contribution in [1.82, 2.24) is 24.3 Å². The Morgan fingerprint density at radius 3 is 2.71 bits per heavy atom. The molecule has 0 aliphatic heterocycles. The van der Waals surface area contributed by atoms with E-state index in [0.717, 1.165) is 12.8 Å². The standard InChI is InChI=1S/C14H16ClN5O/c1-3-9(4-2)20-12-11(19-7-5-6-17-19)10(15)8-16-13(12)18-14(20)21/h5-9H,3-4H2,1-2H3,(H,16,18,21). The van der Waals surface area contributed by atoms with Gasteiger partial charge in [0.15, 0.2) is 5.65 Å². The second-order valence-corrected chi connectivity index (χ2v) is 5.24. The van der Waals surface area contributed by atoms with Crippen LogP contribution in [0.1, 0.15) is 32.7 Å². The minimum atomic E-state index is -0.0399. The zero-order valence-corrected chi connectivity index (χ0v) is 12.6. The van der Waals surface area contributed by atoms with Gasteiger partial charge < -0.3 is 5.11 Å². The van der Waals surface area contributed by atoms with E-state index < -0.39 is 0 Å². The molecule has 0 aliphatic carbocycles. The zero-order chi connectivity index (χ0) is 15.0. The Kier molecular flexibility index (Phi) is 3.55. The fourth-order valence-corrected chi connectivity index (χ4v) is 2.85. The molecule has 3 heterocycles. The van der Waals surface area contributed by atoms with Gasteiger partial charge in [-0.2, -0.15) is 10.1 Å². The van der Waals surface area contributed by atoms with Crippen LogP contribution in [0.5, 0.6) is 6.01 Å². The molecule has 0 saturated heterocycles. The predicted octanol–water partition coefficient (Wildman–Crippen LogP) is 3.34. The summed E-state index contributed by atoms with van der Waals surface area (Å²) >= 11 is 6.32. The number of pyridine rings is 1. The SMILES string of the molecule is CCC(CC)n1c(O)nc2ncc(Cl)c(-n3cccn3)c21. The van der Waals surface area contributed by atoms with E-state index in [2.05, 4.69) is 28.9 Å². The summed E-state index contributed by atoms with van der Waals surface area (Å²) in [7, 11) is 0. The van der Waals surface area contributed by atoms with Gasteiger partial charge in [0.2, 0.25) is 0 Å². The lowest BCUT2D eigenvalue weighted by Crippen LogP contribution is -2.09. The monoisotopic (exact) mass is 305 g/mol. The van der Waals surface area contributed by atoms with E-state index in [1.54, 1.807) is 15.4 Å². The minimum absolute atomic E-state index is 0.0399. The summed E-state index contributed by atoms with van der Waals surface area (Å²) in [4.78, 5) is 8.37. The second kappa shape index (κ2) is 5.37. The molecule has 0 aliphatic rings. The summed E-state index contributed by atoms with van der Waals surface area (Å²) in [5.74, 6) is 0. The predicted molar refractivity (Wildman–Crippen MR) is 80.9 cm³/mol. The first-order valence-corrected chi connectivity index (χ1v) is 7.30. The average molecular weight is 306 g/mol. The molecule has 21 heavy (non-hydrogen) atoms. The van der Waals surface area contributed by atoms with Gasteiger partial charge in [-0.1, -0.05) is 25.4 Å². The topological polar surface area (TPSA) is 68.8 Å². The lowest BCUT2D eigenvalue weighted by Gasteiger charge is -2.18. The maximum atomic E-state index is 10.2. The maximum Gasteiger partial charge on any atom is 0.296 e. The van der Waals surface area contributed by atoms with Gasteiger partial charge in [0.05, 0.1) is 11.2 Å². The van der Waals surface area contributed by atoms with Crippen molar-refractivity contribution in [3.63, 3.8) is 0 Å². The molecule has 3 aromatic heterocycles. The van der Waals surface area contributed by atoms with E-state index in [-0.39, 0.29) is 12.1 Å². The Balaban J connectivity index is 2.38. The van der Waals surface area contributed by atoms with Gasteiger partial charge in [-0.3, -0.25) is 4.57 Å². The summed E-state index contributed by atoms with van der Waals surface area (Å²) in [6.45, 7) is 4.15. The van der Waals surface area contributed by atoms with Gasteiger partial charge in [0, 0.05) is 18.4 Å².